The molecule has 146 valence electrons. The molecule has 0 aliphatic rings. The van der Waals surface area contributed by atoms with Crippen molar-refractivity contribution in [2.75, 3.05) is 6.61 Å². The van der Waals surface area contributed by atoms with Gasteiger partial charge in [-0.25, -0.2) is 8.78 Å². The number of hydrogen-bond acceptors (Lipinski definition) is 4. The monoisotopic (exact) mass is 404 g/mol. The molecule has 3 rings (SSSR count). The molecule has 0 fully saturated rings. The van der Waals surface area contributed by atoms with E-state index in [2.05, 4.69) is 4.99 Å². The molecule has 8 heteroatoms. The summed E-state index contributed by atoms with van der Waals surface area (Å²) in [5, 5.41) is 0. The van der Waals surface area contributed by atoms with Crippen molar-refractivity contribution < 1.29 is 23.1 Å². The summed E-state index contributed by atoms with van der Waals surface area (Å²) in [5.41, 5.74) is 2.19. The minimum atomic E-state index is -0.837. The van der Waals surface area contributed by atoms with Gasteiger partial charge in [-0.1, -0.05) is 28.5 Å². The van der Waals surface area contributed by atoms with Crippen molar-refractivity contribution in [3.63, 3.8) is 0 Å². The highest BCUT2D eigenvalue weighted by atomic mass is 32.1. The zero-order valence-electron chi connectivity index (χ0n) is 15.6. The molecule has 1 aromatic heterocycles. The van der Waals surface area contributed by atoms with Crippen molar-refractivity contribution in [2.45, 2.75) is 27.3 Å². The lowest BCUT2D eigenvalue weighted by atomic mass is 10.1. The summed E-state index contributed by atoms with van der Waals surface area (Å²) in [6, 6.07) is 7.19. The number of benzene rings is 2. The molecular weight excluding hydrogens is 386 g/mol. The Labute approximate surface area is 163 Å². The van der Waals surface area contributed by atoms with Crippen molar-refractivity contribution >= 4 is 33.4 Å². The number of aryl methyl sites for hydroxylation is 2. The average Bonchev–Trinajstić information content (AvgIpc) is 2.91. The molecule has 0 atom stereocenters. The van der Waals surface area contributed by atoms with E-state index >= 15 is 0 Å². The predicted molar refractivity (Wildman–Crippen MR) is 102 cm³/mol. The molecule has 0 bridgehead atoms. The number of halogens is 2. The van der Waals surface area contributed by atoms with Crippen LogP contribution in [0.3, 0.4) is 0 Å². The van der Waals surface area contributed by atoms with Crippen LogP contribution in [0, 0.1) is 25.5 Å². The summed E-state index contributed by atoms with van der Waals surface area (Å²) >= 11 is 0.931. The second kappa shape index (κ2) is 8.02. The Morgan fingerprint density at radius 2 is 1.79 bits per heavy atom. The van der Waals surface area contributed by atoms with Gasteiger partial charge in [0.1, 0.15) is 12.4 Å². The van der Waals surface area contributed by atoms with Crippen LogP contribution >= 0.6 is 11.3 Å². The van der Waals surface area contributed by atoms with Crippen LogP contribution in [0.15, 0.2) is 35.3 Å². The third-order valence-electron chi connectivity index (χ3n) is 3.95. The Morgan fingerprint density at radius 3 is 2.43 bits per heavy atom. The molecule has 0 aliphatic heterocycles. The maximum atomic E-state index is 14.4. The van der Waals surface area contributed by atoms with Gasteiger partial charge in [0.2, 0.25) is 0 Å². The minimum absolute atomic E-state index is 0.00595. The van der Waals surface area contributed by atoms with E-state index in [0.717, 1.165) is 34.6 Å². The molecule has 0 saturated heterocycles. The van der Waals surface area contributed by atoms with Gasteiger partial charge in [-0.3, -0.25) is 9.59 Å². The van der Waals surface area contributed by atoms with Gasteiger partial charge in [-0.15, -0.1) is 0 Å². The molecule has 0 unspecified atom stereocenters. The SMILES string of the molecule is CCOC(=O)Cn1c(=NC(=O)c2cc(C)cc(C)c2)sc2cc(F)cc(F)c21. The minimum Gasteiger partial charge on any atom is -0.465 e. The van der Waals surface area contributed by atoms with Crippen LogP contribution in [0.1, 0.15) is 28.4 Å². The highest BCUT2D eigenvalue weighted by Crippen LogP contribution is 2.22. The quantitative estimate of drug-likeness (QED) is 0.620. The van der Waals surface area contributed by atoms with Crippen molar-refractivity contribution in [3.05, 3.63) is 63.5 Å². The molecule has 2 aromatic carbocycles. The molecule has 1 amide bonds. The Bertz CT molecular complexity index is 1130. The number of esters is 1. The molecule has 0 radical (unpaired) electrons. The molecular formula is C20H18F2N2O3S. The lowest BCUT2D eigenvalue weighted by Gasteiger charge is -2.06. The normalized spacial score (nSPS) is 11.8. The van der Waals surface area contributed by atoms with Crippen LogP contribution in [0.4, 0.5) is 8.78 Å². The fraction of sp³-hybridized carbons (Fsp3) is 0.250. The molecule has 0 N–H and O–H groups in total. The van der Waals surface area contributed by atoms with Gasteiger partial charge < -0.3 is 9.30 Å². The van der Waals surface area contributed by atoms with Crippen molar-refractivity contribution in [2.24, 2.45) is 4.99 Å². The number of amides is 1. The first-order chi connectivity index (χ1) is 13.3. The molecule has 1 heterocycles. The third kappa shape index (κ3) is 4.17. The standard InChI is InChI=1S/C20H18F2N2O3S/c1-4-27-17(25)10-24-18-15(22)8-14(21)9-16(18)28-20(24)23-19(26)13-6-11(2)5-12(3)7-13/h5-9H,4,10H2,1-3H3. The van der Waals surface area contributed by atoms with Crippen LogP contribution in [-0.4, -0.2) is 23.1 Å². The van der Waals surface area contributed by atoms with Crippen molar-refractivity contribution in [3.8, 4) is 0 Å². The summed E-state index contributed by atoms with van der Waals surface area (Å²) in [7, 11) is 0. The second-order valence-corrected chi connectivity index (χ2v) is 7.31. The number of ether oxygens (including phenoxy) is 1. The molecule has 5 nitrogen and oxygen atoms in total. The fourth-order valence-electron chi connectivity index (χ4n) is 2.95. The smallest absolute Gasteiger partial charge is 0.326 e. The van der Waals surface area contributed by atoms with Crippen LogP contribution in [0.2, 0.25) is 0 Å². The maximum Gasteiger partial charge on any atom is 0.326 e. The van der Waals surface area contributed by atoms with Crippen LogP contribution < -0.4 is 4.80 Å². The van der Waals surface area contributed by atoms with Gasteiger partial charge in [0, 0.05) is 11.6 Å². The van der Waals surface area contributed by atoms with E-state index in [4.69, 9.17) is 4.74 Å². The predicted octanol–water partition coefficient (Wildman–Crippen LogP) is 3.90. The van der Waals surface area contributed by atoms with E-state index < -0.39 is 23.5 Å². The number of rotatable bonds is 4. The molecule has 0 saturated carbocycles. The van der Waals surface area contributed by atoms with Gasteiger partial charge >= 0.3 is 5.97 Å². The summed E-state index contributed by atoms with van der Waals surface area (Å²) < 4.78 is 34.4. The van der Waals surface area contributed by atoms with E-state index in [1.807, 2.05) is 19.9 Å². The molecule has 3 aromatic rings. The fourth-order valence-corrected chi connectivity index (χ4v) is 4.01. The van der Waals surface area contributed by atoms with E-state index in [-0.39, 0.29) is 28.2 Å². The lowest BCUT2D eigenvalue weighted by molar-refractivity contribution is -0.143. The number of carbonyl (C=O) groups is 2. The zero-order valence-corrected chi connectivity index (χ0v) is 16.4. The second-order valence-electron chi connectivity index (χ2n) is 6.30. The zero-order chi connectivity index (χ0) is 20.4. The topological polar surface area (TPSA) is 60.7 Å². The molecule has 0 spiro atoms. The number of carbonyl (C=O) groups excluding carboxylic acids is 2. The maximum absolute atomic E-state index is 14.4. The Morgan fingerprint density at radius 1 is 1.11 bits per heavy atom. The van der Waals surface area contributed by atoms with Gasteiger partial charge in [0.25, 0.3) is 5.91 Å². The third-order valence-corrected chi connectivity index (χ3v) is 4.98. The van der Waals surface area contributed by atoms with Crippen molar-refractivity contribution in [1.29, 1.82) is 0 Å². The Balaban J connectivity index is 2.18. The van der Waals surface area contributed by atoms with Crippen molar-refractivity contribution in [1.82, 2.24) is 4.57 Å². The average molecular weight is 404 g/mol. The van der Waals surface area contributed by atoms with Gasteiger partial charge in [-0.05, 0) is 39.0 Å². The van der Waals surface area contributed by atoms with E-state index in [9.17, 15) is 18.4 Å². The molecule has 0 aliphatic carbocycles. The summed E-state index contributed by atoms with van der Waals surface area (Å²) in [4.78, 5) is 28.8. The van der Waals surface area contributed by atoms with Gasteiger partial charge in [-0.2, -0.15) is 4.99 Å². The number of aromatic nitrogens is 1. The molecule has 28 heavy (non-hydrogen) atoms. The summed E-state index contributed by atoms with van der Waals surface area (Å²) in [6.45, 7) is 5.20. The number of fused-ring (bicyclic) bond motifs is 1. The summed E-state index contributed by atoms with van der Waals surface area (Å²) in [6.07, 6.45) is 0. The van der Waals surface area contributed by atoms with E-state index in [0.29, 0.717) is 5.56 Å². The number of thiazole rings is 1. The van der Waals surface area contributed by atoms with Gasteiger partial charge in [0.15, 0.2) is 10.6 Å². The number of hydrogen-bond donors (Lipinski definition) is 0. The van der Waals surface area contributed by atoms with E-state index in [1.165, 1.54) is 4.57 Å². The van der Waals surface area contributed by atoms with Crippen LogP contribution in [0.25, 0.3) is 10.2 Å². The van der Waals surface area contributed by atoms with E-state index in [1.54, 1.807) is 19.1 Å². The number of nitrogens with zero attached hydrogens (tertiary/aromatic N) is 2. The first-order valence-corrected chi connectivity index (χ1v) is 9.41. The van der Waals surface area contributed by atoms with Crippen LogP contribution in [0.5, 0.6) is 0 Å². The lowest BCUT2D eigenvalue weighted by Crippen LogP contribution is -2.23. The first kappa shape index (κ1) is 19.9. The summed E-state index contributed by atoms with van der Waals surface area (Å²) in [5.74, 6) is -2.72. The highest BCUT2D eigenvalue weighted by molar-refractivity contribution is 7.16. The van der Waals surface area contributed by atoms with Crippen LogP contribution in [-0.2, 0) is 16.1 Å². The first-order valence-electron chi connectivity index (χ1n) is 8.60. The Hall–Kier alpha value is -2.87. The van der Waals surface area contributed by atoms with Gasteiger partial charge in [0.05, 0.1) is 16.8 Å². The Kier molecular flexibility index (Phi) is 5.69. The highest BCUT2D eigenvalue weighted by Gasteiger charge is 2.17. The largest absolute Gasteiger partial charge is 0.465 e.